The van der Waals surface area contributed by atoms with Crippen LogP contribution in [0.25, 0.3) is 0 Å². The van der Waals surface area contributed by atoms with E-state index >= 15 is 0 Å². The van der Waals surface area contributed by atoms with Crippen molar-refractivity contribution in [2.24, 2.45) is 5.92 Å². The highest BCUT2D eigenvalue weighted by molar-refractivity contribution is 5.94. The van der Waals surface area contributed by atoms with Crippen LogP contribution in [0.5, 0.6) is 0 Å². The zero-order valence-corrected chi connectivity index (χ0v) is 13.8. The van der Waals surface area contributed by atoms with E-state index in [1.165, 1.54) is 0 Å². The van der Waals surface area contributed by atoms with Crippen molar-refractivity contribution >= 4 is 11.8 Å². The Kier molecular flexibility index (Phi) is 4.66. The summed E-state index contributed by atoms with van der Waals surface area (Å²) in [6, 6.07) is 9.37. The third-order valence-corrected chi connectivity index (χ3v) is 4.94. The van der Waals surface area contributed by atoms with Gasteiger partial charge in [-0.15, -0.1) is 0 Å². The summed E-state index contributed by atoms with van der Waals surface area (Å²) in [7, 11) is 1.89. The maximum Gasteiger partial charge on any atom is 0.252 e. The first-order valence-corrected chi connectivity index (χ1v) is 8.45. The van der Waals surface area contributed by atoms with Gasteiger partial charge < -0.3 is 10.2 Å². The summed E-state index contributed by atoms with van der Waals surface area (Å²) in [6.45, 7) is 2.17. The van der Waals surface area contributed by atoms with Crippen LogP contribution in [0.2, 0.25) is 0 Å². The molecule has 0 spiro atoms. The van der Waals surface area contributed by atoms with Crippen LogP contribution in [0.4, 0.5) is 0 Å². The monoisotopic (exact) mass is 315 g/mol. The Balaban J connectivity index is 1.56. The molecule has 2 N–H and O–H groups in total. The SMILES string of the molecule is CC1CC1N(C)C(=O)C1CCCC(NC(=O)c2ccccc2)N1. The lowest BCUT2D eigenvalue weighted by Crippen LogP contribution is -2.57. The maximum atomic E-state index is 12.6. The fourth-order valence-corrected chi connectivity index (χ4v) is 3.33. The molecule has 4 unspecified atom stereocenters. The zero-order valence-electron chi connectivity index (χ0n) is 13.8. The number of likely N-dealkylation sites (N-methyl/N-ethyl adjacent to an activating group) is 1. The van der Waals surface area contributed by atoms with Gasteiger partial charge in [0.1, 0.15) is 0 Å². The van der Waals surface area contributed by atoms with Gasteiger partial charge in [0.05, 0.1) is 12.2 Å². The highest BCUT2D eigenvalue weighted by Crippen LogP contribution is 2.34. The number of hydrogen-bond donors (Lipinski definition) is 2. The quantitative estimate of drug-likeness (QED) is 0.890. The fourth-order valence-electron chi connectivity index (χ4n) is 3.33. The van der Waals surface area contributed by atoms with Crippen LogP contribution in [-0.4, -0.2) is 42.0 Å². The van der Waals surface area contributed by atoms with E-state index in [2.05, 4.69) is 17.6 Å². The molecule has 5 heteroatoms. The maximum absolute atomic E-state index is 12.6. The highest BCUT2D eigenvalue weighted by Gasteiger charge is 2.41. The molecule has 1 aromatic rings. The van der Waals surface area contributed by atoms with Crippen molar-refractivity contribution in [3.63, 3.8) is 0 Å². The topological polar surface area (TPSA) is 61.4 Å². The van der Waals surface area contributed by atoms with E-state index < -0.39 is 0 Å². The minimum atomic E-state index is -0.192. The van der Waals surface area contributed by atoms with Crippen LogP contribution in [0.15, 0.2) is 30.3 Å². The minimum Gasteiger partial charge on any atom is -0.341 e. The predicted octanol–water partition coefficient (Wildman–Crippen LogP) is 1.75. The molecule has 1 saturated heterocycles. The van der Waals surface area contributed by atoms with Crippen molar-refractivity contribution < 1.29 is 9.59 Å². The lowest BCUT2D eigenvalue weighted by molar-refractivity contribution is -0.133. The molecule has 1 saturated carbocycles. The predicted molar refractivity (Wildman–Crippen MR) is 88.8 cm³/mol. The van der Waals surface area contributed by atoms with Crippen LogP contribution in [0.3, 0.4) is 0 Å². The summed E-state index contributed by atoms with van der Waals surface area (Å²) < 4.78 is 0. The van der Waals surface area contributed by atoms with Crippen molar-refractivity contribution in [3.8, 4) is 0 Å². The first-order valence-electron chi connectivity index (χ1n) is 8.45. The molecule has 0 radical (unpaired) electrons. The molecular formula is C18H25N3O2. The van der Waals surface area contributed by atoms with Crippen LogP contribution < -0.4 is 10.6 Å². The molecule has 3 rings (SSSR count). The Hall–Kier alpha value is -1.88. The van der Waals surface area contributed by atoms with E-state index in [9.17, 15) is 9.59 Å². The molecular weight excluding hydrogens is 290 g/mol. The van der Waals surface area contributed by atoms with Crippen molar-refractivity contribution in [1.29, 1.82) is 0 Å². The minimum absolute atomic E-state index is 0.0969. The molecule has 2 amide bonds. The van der Waals surface area contributed by atoms with E-state index in [0.717, 1.165) is 25.7 Å². The van der Waals surface area contributed by atoms with Gasteiger partial charge in [0.2, 0.25) is 5.91 Å². The van der Waals surface area contributed by atoms with Crippen molar-refractivity contribution in [2.75, 3.05) is 7.05 Å². The number of carbonyl (C=O) groups excluding carboxylic acids is 2. The van der Waals surface area contributed by atoms with Crippen LogP contribution in [0, 0.1) is 5.92 Å². The normalized spacial score (nSPS) is 29.7. The summed E-state index contributed by atoms with van der Waals surface area (Å²) in [5.41, 5.74) is 0.645. The van der Waals surface area contributed by atoms with Gasteiger partial charge in [0, 0.05) is 18.7 Å². The molecule has 1 aromatic carbocycles. The first-order chi connectivity index (χ1) is 11.1. The lowest BCUT2D eigenvalue weighted by atomic mass is 10.0. The van der Waals surface area contributed by atoms with Gasteiger partial charge in [0.25, 0.3) is 5.91 Å². The summed E-state index contributed by atoms with van der Waals surface area (Å²) in [5, 5.41) is 6.30. The Labute approximate surface area is 137 Å². The molecule has 5 nitrogen and oxygen atoms in total. The van der Waals surface area contributed by atoms with E-state index in [1.807, 2.05) is 30.1 Å². The van der Waals surface area contributed by atoms with E-state index in [0.29, 0.717) is 17.5 Å². The summed E-state index contributed by atoms with van der Waals surface area (Å²) >= 11 is 0. The number of rotatable bonds is 4. The van der Waals surface area contributed by atoms with Gasteiger partial charge in [-0.05, 0) is 43.7 Å². The van der Waals surface area contributed by atoms with Crippen LogP contribution in [-0.2, 0) is 4.79 Å². The number of carbonyl (C=O) groups is 2. The first kappa shape index (κ1) is 16.0. The van der Waals surface area contributed by atoms with Crippen molar-refractivity contribution in [1.82, 2.24) is 15.5 Å². The fraction of sp³-hybridized carbons (Fsp3) is 0.556. The molecule has 1 aliphatic heterocycles. The third-order valence-electron chi connectivity index (χ3n) is 4.94. The van der Waals surface area contributed by atoms with Gasteiger partial charge in [-0.25, -0.2) is 0 Å². The molecule has 124 valence electrons. The molecule has 2 aliphatic rings. The van der Waals surface area contributed by atoms with Crippen molar-refractivity contribution in [3.05, 3.63) is 35.9 Å². The van der Waals surface area contributed by atoms with Gasteiger partial charge in [-0.2, -0.15) is 0 Å². The standard InChI is InChI=1S/C18H25N3O2/c1-12-11-15(12)21(2)18(23)14-9-6-10-16(19-14)20-17(22)13-7-4-3-5-8-13/h3-5,7-8,12,14-16,19H,6,9-11H2,1-2H3,(H,20,22). The third kappa shape index (κ3) is 3.72. The van der Waals surface area contributed by atoms with Gasteiger partial charge >= 0.3 is 0 Å². The molecule has 0 bridgehead atoms. The molecule has 2 fully saturated rings. The molecule has 1 aliphatic carbocycles. The van der Waals surface area contributed by atoms with Gasteiger partial charge in [-0.1, -0.05) is 25.1 Å². The Bertz CT molecular complexity index is 575. The van der Waals surface area contributed by atoms with Gasteiger partial charge in [0.15, 0.2) is 0 Å². The number of nitrogens with zero attached hydrogens (tertiary/aromatic N) is 1. The zero-order chi connectivity index (χ0) is 16.4. The second kappa shape index (κ2) is 6.71. The second-order valence-electron chi connectivity index (χ2n) is 6.77. The molecule has 0 aromatic heterocycles. The van der Waals surface area contributed by atoms with E-state index in [4.69, 9.17) is 0 Å². The number of amides is 2. The summed E-state index contributed by atoms with van der Waals surface area (Å²) in [6.07, 6.45) is 3.59. The summed E-state index contributed by atoms with van der Waals surface area (Å²) in [4.78, 5) is 26.7. The Morgan fingerprint density at radius 3 is 2.57 bits per heavy atom. The number of piperidine rings is 1. The van der Waals surface area contributed by atoms with Crippen LogP contribution >= 0.6 is 0 Å². The average Bonchev–Trinajstić information content (AvgIpc) is 3.31. The van der Waals surface area contributed by atoms with Crippen molar-refractivity contribution in [2.45, 2.75) is 50.9 Å². The molecule has 4 atom stereocenters. The number of benzene rings is 1. The molecule has 1 heterocycles. The second-order valence-corrected chi connectivity index (χ2v) is 6.77. The van der Waals surface area contributed by atoms with Crippen LogP contribution in [0.1, 0.15) is 43.0 Å². The molecule has 23 heavy (non-hydrogen) atoms. The van der Waals surface area contributed by atoms with E-state index in [-0.39, 0.29) is 24.0 Å². The summed E-state index contributed by atoms with van der Waals surface area (Å²) in [5.74, 6) is 0.666. The van der Waals surface area contributed by atoms with E-state index in [1.54, 1.807) is 12.1 Å². The number of hydrogen-bond acceptors (Lipinski definition) is 3. The lowest BCUT2D eigenvalue weighted by Gasteiger charge is -2.33. The number of nitrogens with one attached hydrogen (secondary N) is 2. The van der Waals surface area contributed by atoms with Gasteiger partial charge in [-0.3, -0.25) is 14.9 Å². The largest absolute Gasteiger partial charge is 0.341 e. The highest BCUT2D eigenvalue weighted by atomic mass is 16.2. The Morgan fingerprint density at radius 1 is 1.22 bits per heavy atom. The average molecular weight is 315 g/mol. The Morgan fingerprint density at radius 2 is 1.91 bits per heavy atom. The smallest absolute Gasteiger partial charge is 0.252 e.